The molecular formula is C41H36N4. The number of H-pyrrole nitrogens is 1. The first kappa shape index (κ1) is 27.3. The van der Waals surface area contributed by atoms with E-state index >= 15 is 0 Å². The highest BCUT2D eigenvalue weighted by Gasteiger charge is 2.24. The number of nitrogens with one attached hydrogen (secondary N) is 1. The molecule has 0 saturated heterocycles. The molecule has 4 heteroatoms. The van der Waals surface area contributed by atoms with E-state index in [-0.39, 0.29) is 11.5 Å². The Kier molecular flexibility index (Phi) is 6.18. The summed E-state index contributed by atoms with van der Waals surface area (Å²) in [5.41, 5.74) is 11.2. The van der Waals surface area contributed by atoms with Crippen LogP contribution in [0, 0.1) is 0 Å². The van der Waals surface area contributed by atoms with Gasteiger partial charge in [0.25, 0.3) is 0 Å². The van der Waals surface area contributed by atoms with Crippen molar-refractivity contribution in [2.45, 2.75) is 46.1 Å². The topological polar surface area (TPSA) is 46.5 Å². The summed E-state index contributed by atoms with van der Waals surface area (Å²) in [4.78, 5) is 14.0. The van der Waals surface area contributed by atoms with Gasteiger partial charge in [-0.05, 0) is 89.7 Å². The summed E-state index contributed by atoms with van der Waals surface area (Å²) in [5, 5.41) is 4.88. The molecule has 0 aliphatic carbocycles. The summed E-state index contributed by atoms with van der Waals surface area (Å²) < 4.78 is 2.41. The summed E-state index contributed by atoms with van der Waals surface area (Å²) in [5.74, 6) is 0.986. The Labute approximate surface area is 263 Å². The van der Waals surface area contributed by atoms with Crippen molar-refractivity contribution in [1.82, 2.24) is 19.5 Å². The van der Waals surface area contributed by atoms with E-state index in [1.807, 2.05) is 18.3 Å². The van der Waals surface area contributed by atoms with Gasteiger partial charge in [-0.15, -0.1) is 0 Å². The van der Waals surface area contributed by atoms with Crippen LogP contribution in [0.1, 0.15) is 46.2 Å². The lowest BCUT2D eigenvalue weighted by Gasteiger charge is -2.21. The predicted octanol–water partition coefficient (Wildman–Crippen LogP) is 11.1. The molecule has 8 aromatic rings. The summed E-state index contributed by atoms with van der Waals surface area (Å²) in [7, 11) is 0. The molecule has 45 heavy (non-hydrogen) atoms. The van der Waals surface area contributed by atoms with Gasteiger partial charge in [-0.3, -0.25) is 4.98 Å². The average Bonchev–Trinajstić information content (AvgIpc) is 3.63. The lowest BCUT2D eigenvalue weighted by atomic mass is 9.85. The quantitative estimate of drug-likeness (QED) is 0.224. The summed E-state index contributed by atoms with van der Waals surface area (Å²) >= 11 is 0. The van der Waals surface area contributed by atoms with E-state index in [1.165, 1.54) is 32.7 Å². The van der Waals surface area contributed by atoms with Crippen LogP contribution in [0.25, 0.3) is 77.4 Å². The van der Waals surface area contributed by atoms with Gasteiger partial charge in [0.1, 0.15) is 5.82 Å². The molecule has 4 nitrogen and oxygen atoms in total. The number of benzene rings is 5. The van der Waals surface area contributed by atoms with Crippen molar-refractivity contribution in [2.75, 3.05) is 0 Å². The zero-order chi connectivity index (χ0) is 30.9. The number of hydrogen-bond donors (Lipinski definition) is 1. The highest BCUT2D eigenvalue weighted by molar-refractivity contribution is 6.13. The van der Waals surface area contributed by atoms with E-state index in [0.29, 0.717) is 0 Å². The number of para-hydroxylation sites is 2. The molecule has 0 aliphatic rings. The third-order valence-electron chi connectivity index (χ3n) is 9.07. The van der Waals surface area contributed by atoms with Crippen LogP contribution >= 0.6 is 0 Å². The fourth-order valence-electron chi connectivity index (χ4n) is 6.82. The second kappa shape index (κ2) is 10.2. The monoisotopic (exact) mass is 584 g/mol. The second-order valence-electron chi connectivity index (χ2n) is 13.4. The highest BCUT2D eigenvalue weighted by atomic mass is 15.1. The molecule has 0 unspecified atom stereocenters. The van der Waals surface area contributed by atoms with Crippen LogP contribution < -0.4 is 0 Å². The molecule has 0 spiro atoms. The van der Waals surface area contributed by atoms with Crippen LogP contribution in [0.5, 0.6) is 0 Å². The average molecular weight is 585 g/mol. The SMILES string of the molecule is CC(C)n1c(-c2cc(C(C)(C)C)cc3c2[nH]c2ccccc23)nc2c(-c3cc(-c4ccccn4)cc4ccccc34)cccc21. The van der Waals surface area contributed by atoms with E-state index in [9.17, 15) is 0 Å². The van der Waals surface area contributed by atoms with Crippen molar-refractivity contribution < 1.29 is 0 Å². The molecule has 0 aliphatic heterocycles. The van der Waals surface area contributed by atoms with Gasteiger partial charge in [-0.25, -0.2) is 4.98 Å². The van der Waals surface area contributed by atoms with Gasteiger partial charge in [0.2, 0.25) is 0 Å². The van der Waals surface area contributed by atoms with Crippen LogP contribution in [0.15, 0.2) is 115 Å². The molecule has 0 saturated carbocycles. The van der Waals surface area contributed by atoms with Gasteiger partial charge in [0.05, 0.1) is 22.2 Å². The molecule has 0 amide bonds. The van der Waals surface area contributed by atoms with Crippen molar-refractivity contribution in [3.05, 3.63) is 121 Å². The van der Waals surface area contributed by atoms with Crippen LogP contribution in [-0.2, 0) is 5.41 Å². The molecule has 8 rings (SSSR count). The van der Waals surface area contributed by atoms with Crippen LogP contribution in [0.2, 0.25) is 0 Å². The zero-order valence-electron chi connectivity index (χ0n) is 26.4. The first-order chi connectivity index (χ1) is 21.8. The molecule has 3 heterocycles. The van der Waals surface area contributed by atoms with Crippen LogP contribution in [0.4, 0.5) is 0 Å². The fourth-order valence-corrected chi connectivity index (χ4v) is 6.82. The molecule has 1 N–H and O–H groups in total. The van der Waals surface area contributed by atoms with E-state index in [2.05, 4.69) is 146 Å². The Morgan fingerprint density at radius 1 is 0.689 bits per heavy atom. The molecule has 0 fully saturated rings. The molecule has 0 atom stereocenters. The van der Waals surface area contributed by atoms with Gasteiger partial charge < -0.3 is 9.55 Å². The number of aromatic nitrogens is 4. The minimum Gasteiger partial charge on any atom is -0.354 e. The Morgan fingerprint density at radius 3 is 2.24 bits per heavy atom. The van der Waals surface area contributed by atoms with Gasteiger partial charge in [-0.2, -0.15) is 0 Å². The number of fused-ring (bicyclic) bond motifs is 5. The van der Waals surface area contributed by atoms with Gasteiger partial charge in [-0.1, -0.05) is 81.4 Å². The van der Waals surface area contributed by atoms with Gasteiger partial charge in [0.15, 0.2) is 0 Å². The number of imidazole rings is 1. The lowest BCUT2D eigenvalue weighted by molar-refractivity contribution is 0.591. The molecule has 0 radical (unpaired) electrons. The maximum Gasteiger partial charge on any atom is 0.143 e. The Bertz CT molecular complexity index is 2380. The van der Waals surface area contributed by atoms with Crippen molar-refractivity contribution in [2.24, 2.45) is 0 Å². The molecular weight excluding hydrogens is 548 g/mol. The van der Waals surface area contributed by atoms with Crippen LogP contribution in [-0.4, -0.2) is 19.5 Å². The van der Waals surface area contributed by atoms with Crippen molar-refractivity contribution >= 4 is 43.6 Å². The Balaban J connectivity index is 1.46. The summed E-state index contributed by atoms with van der Waals surface area (Å²) in [6.07, 6.45) is 1.86. The zero-order valence-corrected chi connectivity index (χ0v) is 26.4. The first-order valence-electron chi connectivity index (χ1n) is 15.8. The predicted molar refractivity (Wildman–Crippen MR) is 190 cm³/mol. The van der Waals surface area contributed by atoms with E-state index in [0.717, 1.165) is 50.3 Å². The maximum absolute atomic E-state index is 5.56. The van der Waals surface area contributed by atoms with Crippen molar-refractivity contribution in [3.63, 3.8) is 0 Å². The minimum absolute atomic E-state index is 0.0218. The number of nitrogens with zero attached hydrogens (tertiary/aromatic N) is 3. The fraction of sp³-hybridized carbons (Fsp3) is 0.171. The first-order valence-corrected chi connectivity index (χ1v) is 15.8. The minimum atomic E-state index is -0.0218. The Morgan fingerprint density at radius 2 is 1.47 bits per heavy atom. The van der Waals surface area contributed by atoms with E-state index in [1.54, 1.807) is 0 Å². The largest absolute Gasteiger partial charge is 0.354 e. The third-order valence-corrected chi connectivity index (χ3v) is 9.07. The highest BCUT2D eigenvalue weighted by Crippen LogP contribution is 2.42. The number of pyridine rings is 1. The normalized spacial score (nSPS) is 12.3. The number of aromatic amines is 1. The number of hydrogen-bond acceptors (Lipinski definition) is 2. The summed E-state index contributed by atoms with van der Waals surface area (Å²) in [6, 6.07) is 39.4. The Hall–Kier alpha value is -5.22. The summed E-state index contributed by atoms with van der Waals surface area (Å²) in [6.45, 7) is 11.4. The maximum atomic E-state index is 5.56. The van der Waals surface area contributed by atoms with Crippen molar-refractivity contribution in [3.8, 4) is 33.8 Å². The molecule has 0 bridgehead atoms. The van der Waals surface area contributed by atoms with Gasteiger partial charge >= 0.3 is 0 Å². The van der Waals surface area contributed by atoms with E-state index in [4.69, 9.17) is 4.98 Å². The van der Waals surface area contributed by atoms with Crippen LogP contribution in [0.3, 0.4) is 0 Å². The third kappa shape index (κ3) is 4.43. The van der Waals surface area contributed by atoms with Gasteiger partial charge in [0, 0.05) is 45.2 Å². The van der Waals surface area contributed by atoms with E-state index < -0.39 is 0 Å². The molecule has 5 aromatic carbocycles. The molecule has 220 valence electrons. The lowest BCUT2D eigenvalue weighted by Crippen LogP contribution is -2.11. The standard InChI is InChI=1S/C41H36N4/c1-25(2)45-37-19-12-16-31(32-22-27(35-17-10-11-20-42-35)21-26-13-6-7-14-29(26)32)39(37)44-40(45)34-24-28(41(3,4)5)23-33-30-15-8-9-18-36(30)43-38(33)34/h6-25,43H,1-5H3. The molecule has 3 aromatic heterocycles. The van der Waals surface area contributed by atoms with Crippen molar-refractivity contribution in [1.29, 1.82) is 0 Å². The smallest absolute Gasteiger partial charge is 0.143 e. The second-order valence-corrected chi connectivity index (χ2v) is 13.4. The number of rotatable bonds is 4.